The second-order valence-corrected chi connectivity index (χ2v) is 5.84. The van der Waals surface area contributed by atoms with Crippen LogP contribution in [0.4, 0.5) is 5.69 Å². The molecule has 1 aromatic heterocycles. The molecule has 0 radical (unpaired) electrons. The number of rotatable bonds is 6. The van der Waals surface area contributed by atoms with E-state index in [-0.39, 0.29) is 0 Å². The van der Waals surface area contributed by atoms with Crippen molar-refractivity contribution in [1.29, 1.82) is 0 Å². The fourth-order valence-electron chi connectivity index (χ4n) is 1.92. The van der Waals surface area contributed by atoms with Crippen LogP contribution < -0.4 is 5.32 Å². The largest absolute Gasteiger partial charge is 0.479 e. The first-order valence-corrected chi connectivity index (χ1v) is 7.65. The van der Waals surface area contributed by atoms with E-state index >= 15 is 0 Å². The molecule has 5 nitrogen and oxygen atoms in total. The molecule has 2 rings (SSSR count). The number of halogens is 2. The fraction of sp³-hybridized carbons (Fsp3) is 0.286. The molecule has 0 aliphatic heterocycles. The first-order chi connectivity index (χ1) is 10.0. The molecule has 0 aliphatic carbocycles. The summed E-state index contributed by atoms with van der Waals surface area (Å²) in [6.45, 7) is 2.80. The van der Waals surface area contributed by atoms with Gasteiger partial charge in [0, 0.05) is 28.5 Å². The highest BCUT2D eigenvalue weighted by Gasteiger charge is 2.21. The minimum atomic E-state index is -0.961. The Morgan fingerprint density at radius 2 is 2.33 bits per heavy atom. The van der Waals surface area contributed by atoms with Gasteiger partial charge in [0.25, 0.3) is 0 Å². The Kier molecular flexibility index (Phi) is 5.25. The van der Waals surface area contributed by atoms with Crippen LogP contribution in [-0.2, 0) is 11.3 Å². The van der Waals surface area contributed by atoms with Crippen molar-refractivity contribution in [3.8, 4) is 0 Å². The average Bonchev–Trinajstić information content (AvgIpc) is 2.88. The summed E-state index contributed by atoms with van der Waals surface area (Å²) >= 11 is 9.25. The van der Waals surface area contributed by atoms with Crippen molar-refractivity contribution in [2.24, 2.45) is 0 Å². The number of anilines is 1. The van der Waals surface area contributed by atoms with E-state index < -0.39 is 12.0 Å². The number of aliphatic carboxylic acids is 1. The van der Waals surface area contributed by atoms with Crippen molar-refractivity contribution in [2.45, 2.75) is 25.9 Å². The molecule has 2 aromatic rings. The van der Waals surface area contributed by atoms with Gasteiger partial charge in [0.05, 0.1) is 11.2 Å². The van der Waals surface area contributed by atoms with Crippen molar-refractivity contribution in [3.05, 3.63) is 45.7 Å². The molecule has 0 amide bonds. The first kappa shape index (κ1) is 15.9. The van der Waals surface area contributed by atoms with Crippen LogP contribution in [0, 0.1) is 0 Å². The second-order valence-electron chi connectivity index (χ2n) is 4.58. The number of nitrogens with one attached hydrogen (secondary N) is 1. The minimum absolute atomic E-state index is 0.572. The van der Waals surface area contributed by atoms with Crippen LogP contribution >= 0.6 is 27.5 Å². The van der Waals surface area contributed by atoms with E-state index in [0.29, 0.717) is 20.7 Å². The Bertz CT molecular complexity index is 645. The van der Waals surface area contributed by atoms with Gasteiger partial charge in [-0.05, 0) is 40.5 Å². The molecular formula is C14H15BrClN3O2. The summed E-state index contributed by atoms with van der Waals surface area (Å²) < 4.78 is 2.45. The zero-order valence-electron chi connectivity index (χ0n) is 11.4. The van der Waals surface area contributed by atoms with E-state index in [1.807, 2.05) is 6.92 Å². The summed E-state index contributed by atoms with van der Waals surface area (Å²) in [4.78, 5) is 11.5. The van der Waals surface area contributed by atoms with Gasteiger partial charge in [-0.15, -0.1) is 0 Å². The number of benzene rings is 1. The van der Waals surface area contributed by atoms with Gasteiger partial charge in [0.2, 0.25) is 0 Å². The molecule has 2 N–H and O–H groups in total. The van der Waals surface area contributed by atoms with Gasteiger partial charge in [-0.2, -0.15) is 5.10 Å². The zero-order chi connectivity index (χ0) is 15.4. The Balaban J connectivity index is 2.22. The Morgan fingerprint density at radius 3 is 2.95 bits per heavy atom. The lowest BCUT2D eigenvalue weighted by atomic mass is 10.1. The molecule has 0 aliphatic rings. The van der Waals surface area contributed by atoms with E-state index in [0.717, 1.165) is 13.0 Å². The van der Waals surface area contributed by atoms with Crippen LogP contribution in [0.5, 0.6) is 0 Å². The SMILES string of the molecule is CCCn1cc(C(Nc2ccc(Cl)c(Br)c2)C(=O)O)cn1. The number of nitrogens with zero attached hydrogens (tertiary/aromatic N) is 2. The highest BCUT2D eigenvalue weighted by atomic mass is 79.9. The lowest BCUT2D eigenvalue weighted by Crippen LogP contribution is -2.20. The molecule has 7 heteroatoms. The predicted octanol–water partition coefficient (Wildman–Crippen LogP) is 3.95. The van der Waals surface area contributed by atoms with E-state index in [4.69, 9.17) is 11.6 Å². The van der Waals surface area contributed by atoms with Gasteiger partial charge in [-0.3, -0.25) is 4.68 Å². The maximum Gasteiger partial charge on any atom is 0.330 e. The van der Waals surface area contributed by atoms with Crippen LogP contribution in [0.3, 0.4) is 0 Å². The van der Waals surface area contributed by atoms with Gasteiger partial charge < -0.3 is 10.4 Å². The molecule has 0 bridgehead atoms. The summed E-state index contributed by atoms with van der Waals surface area (Å²) in [6.07, 6.45) is 4.27. The van der Waals surface area contributed by atoms with Gasteiger partial charge >= 0.3 is 5.97 Å². The molecule has 0 saturated heterocycles. The highest BCUT2D eigenvalue weighted by Crippen LogP contribution is 2.28. The summed E-state index contributed by atoms with van der Waals surface area (Å²) in [7, 11) is 0. The molecule has 0 saturated carbocycles. The fourth-order valence-corrected chi connectivity index (χ4v) is 2.42. The van der Waals surface area contributed by atoms with Crippen LogP contribution in [-0.4, -0.2) is 20.9 Å². The van der Waals surface area contributed by atoms with E-state index in [2.05, 4.69) is 26.3 Å². The molecule has 21 heavy (non-hydrogen) atoms. The van der Waals surface area contributed by atoms with Crippen molar-refractivity contribution in [3.63, 3.8) is 0 Å². The Hall–Kier alpha value is -1.53. The van der Waals surface area contributed by atoms with Gasteiger partial charge in [0.1, 0.15) is 0 Å². The van der Waals surface area contributed by atoms with E-state index in [1.54, 1.807) is 35.3 Å². The highest BCUT2D eigenvalue weighted by molar-refractivity contribution is 9.10. The van der Waals surface area contributed by atoms with Crippen LogP contribution in [0.15, 0.2) is 35.1 Å². The van der Waals surface area contributed by atoms with Gasteiger partial charge in [-0.25, -0.2) is 4.79 Å². The third-order valence-corrected chi connectivity index (χ3v) is 4.13. The monoisotopic (exact) mass is 371 g/mol. The zero-order valence-corrected chi connectivity index (χ0v) is 13.7. The van der Waals surface area contributed by atoms with Crippen LogP contribution in [0.1, 0.15) is 24.9 Å². The second kappa shape index (κ2) is 6.95. The number of hydrogen-bond acceptors (Lipinski definition) is 3. The topological polar surface area (TPSA) is 67.2 Å². The van der Waals surface area contributed by atoms with Crippen molar-refractivity contribution >= 4 is 39.2 Å². The molecule has 1 atom stereocenters. The van der Waals surface area contributed by atoms with E-state index in [9.17, 15) is 9.90 Å². The summed E-state index contributed by atoms with van der Waals surface area (Å²) in [5, 5.41) is 17.1. The number of carboxylic acids is 1. The number of hydrogen-bond donors (Lipinski definition) is 2. The van der Waals surface area contributed by atoms with Gasteiger partial charge in [0.15, 0.2) is 6.04 Å². The Morgan fingerprint density at radius 1 is 1.57 bits per heavy atom. The molecule has 1 unspecified atom stereocenters. The third-order valence-electron chi connectivity index (χ3n) is 2.92. The van der Waals surface area contributed by atoms with Crippen molar-refractivity contribution in [1.82, 2.24) is 9.78 Å². The van der Waals surface area contributed by atoms with Gasteiger partial charge in [-0.1, -0.05) is 18.5 Å². The maximum atomic E-state index is 11.5. The van der Waals surface area contributed by atoms with E-state index in [1.165, 1.54) is 0 Å². The quantitative estimate of drug-likeness (QED) is 0.806. The molecular weight excluding hydrogens is 358 g/mol. The van der Waals surface area contributed by atoms with Crippen LogP contribution in [0.25, 0.3) is 0 Å². The first-order valence-electron chi connectivity index (χ1n) is 6.48. The molecule has 112 valence electrons. The van der Waals surface area contributed by atoms with Crippen LogP contribution in [0.2, 0.25) is 5.02 Å². The molecule has 0 spiro atoms. The molecule has 0 fully saturated rings. The standard InChI is InChI=1S/C14H15BrClN3O2/c1-2-5-19-8-9(7-17-19)13(14(20)21)18-10-3-4-12(16)11(15)6-10/h3-4,6-8,13,18H,2,5H2,1H3,(H,20,21). The van der Waals surface area contributed by atoms with Crippen molar-refractivity contribution in [2.75, 3.05) is 5.32 Å². The minimum Gasteiger partial charge on any atom is -0.479 e. The lowest BCUT2D eigenvalue weighted by Gasteiger charge is -2.14. The number of aryl methyl sites for hydroxylation is 1. The van der Waals surface area contributed by atoms with Crippen molar-refractivity contribution < 1.29 is 9.90 Å². The smallest absolute Gasteiger partial charge is 0.330 e. The third kappa shape index (κ3) is 3.98. The molecule has 1 aromatic carbocycles. The maximum absolute atomic E-state index is 11.5. The molecule has 1 heterocycles. The number of carbonyl (C=O) groups is 1. The summed E-state index contributed by atoms with van der Waals surface area (Å²) in [5.74, 6) is -0.961. The summed E-state index contributed by atoms with van der Waals surface area (Å²) in [6, 6.07) is 4.32. The predicted molar refractivity (Wildman–Crippen MR) is 85.7 cm³/mol. The Labute approximate surface area is 136 Å². The average molecular weight is 373 g/mol. The number of aromatic nitrogens is 2. The normalized spacial score (nSPS) is 12.1. The summed E-state index contributed by atoms with van der Waals surface area (Å²) in [5.41, 5.74) is 1.28. The number of carboxylic acid groups (broad SMARTS) is 1. The lowest BCUT2D eigenvalue weighted by molar-refractivity contribution is -0.138.